The van der Waals surface area contributed by atoms with Gasteiger partial charge in [0.05, 0.1) is 12.7 Å². The zero-order valence-corrected chi connectivity index (χ0v) is 15.3. The highest BCUT2D eigenvalue weighted by atomic mass is 32.2. The Morgan fingerprint density at radius 3 is 2.35 bits per heavy atom. The minimum atomic E-state index is -3.64. The minimum absolute atomic E-state index is 0.00830. The second kappa shape index (κ2) is 7.63. The topological polar surface area (TPSA) is 96.6 Å². The summed E-state index contributed by atoms with van der Waals surface area (Å²) in [6.07, 6.45) is 6.21. The van der Waals surface area contributed by atoms with E-state index in [1.165, 1.54) is 12.3 Å². The summed E-state index contributed by atoms with van der Waals surface area (Å²) in [5, 5.41) is 8.79. The van der Waals surface area contributed by atoms with E-state index in [2.05, 4.69) is 4.72 Å². The second-order valence-electron chi connectivity index (χ2n) is 7.03. The maximum absolute atomic E-state index is 12.3. The molecule has 0 spiro atoms. The van der Waals surface area contributed by atoms with Gasteiger partial charge < -0.3 is 9.52 Å². The fourth-order valence-corrected chi connectivity index (χ4v) is 4.74. The molecule has 1 fully saturated rings. The van der Waals surface area contributed by atoms with Crippen molar-refractivity contribution in [3.8, 4) is 0 Å². The average molecular weight is 377 g/mol. The number of sulfonamides is 1. The Hall–Kier alpha value is -2.12. The van der Waals surface area contributed by atoms with Crippen molar-refractivity contribution in [1.29, 1.82) is 0 Å². The Morgan fingerprint density at radius 2 is 1.77 bits per heavy atom. The molecule has 1 saturated carbocycles. The van der Waals surface area contributed by atoms with Gasteiger partial charge in [0, 0.05) is 6.54 Å². The molecule has 0 aliphatic heterocycles. The summed E-state index contributed by atoms with van der Waals surface area (Å²) >= 11 is 0. The largest absolute Gasteiger partial charge is 0.481 e. The van der Waals surface area contributed by atoms with E-state index >= 15 is 0 Å². The normalized spacial score (nSPS) is 16.6. The zero-order chi connectivity index (χ0) is 18.6. The monoisotopic (exact) mass is 377 g/mol. The summed E-state index contributed by atoms with van der Waals surface area (Å²) in [6, 6.07) is 10.5. The van der Waals surface area contributed by atoms with Crippen molar-refractivity contribution in [2.24, 2.45) is 5.41 Å². The van der Waals surface area contributed by atoms with E-state index in [0.29, 0.717) is 6.54 Å². The van der Waals surface area contributed by atoms with Crippen LogP contribution in [0.3, 0.4) is 0 Å². The van der Waals surface area contributed by atoms with Crippen molar-refractivity contribution < 1.29 is 22.7 Å². The summed E-state index contributed by atoms with van der Waals surface area (Å²) in [7, 11) is -3.64. The maximum atomic E-state index is 12.3. The molecule has 0 saturated heterocycles. The van der Waals surface area contributed by atoms with Crippen LogP contribution in [0, 0.1) is 5.41 Å². The van der Waals surface area contributed by atoms with Crippen LogP contribution in [0.15, 0.2) is 52.2 Å². The molecule has 140 valence electrons. The van der Waals surface area contributed by atoms with Gasteiger partial charge in [-0.25, -0.2) is 13.1 Å². The number of furan rings is 1. The molecule has 0 unspecified atom stereocenters. The lowest BCUT2D eigenvalue weighted by molar-refractivity contribution is -0.136. The number of aliphatic carboxylic acids is 1. The lowest BCUT2D eigenvalue weighted by atomic mass is 9.80. The molecule has 7 heteroatoms. The molecule has 0 bridgehead atoms. The quantitative estimate of drug-likeness (QED) is 0.737. The van der Waals surface area contributed by atoms with Gasteiger partial charge in [0.25, 0.3) is 10.0 Å². The molecule has 1 aromatic heterocycles. The lowest BCUT2D eigenvalue weighted by Gasteiger charge is -2.29. The zero-order valence-electron chi connectivity index (χ0n) is 14.5. The van der Waals surface area contributed by atoms with Crippen molar-refractivity contribution in [2.75, 3.05) is 6.54 Å². The highest BCUT2D eigenvalue weighted by molar-refractivity contribution is 7.89. The van der Waals surface area contributed by atoms with E-state index < -0.39 is 16.0 Å². The summed E-state index contributed by atoms with van der Waals surface area (Å²) < 4.78 is 32.4. The van der Waals surface area contributed by atoms with Crippen LogP contribution in [-0.4, -0.2) is 26.0 Å². The first kappa shape index (κ1) is 18.7. The predicted octanol–water partition coefficient (Wildman–Crippen LogP) is 2.99. The van der Waals surface area contributed by atoms with Gasteiger partial charge >= 0.3 is 5.97 Å². The van der Waals surface area contributed by atoms with Gasteiger partial charge in [-0.05, 0) is 47.9 Å². The van der Waals surface area contributed by atoms with Crippen molar-refractivity contribution in [1.82, 2.24) is 4.72 Å². The molecule has 2 aromatic rings. The van der Waals surface area contributed by atoms with Crippen LogP contribution < -0.4 is 4.72 Å². The van der Waals surface area contributed by atoms with Crippen LogP contribution >= 0.6 is 0 Å². The highest BCUT2D eigenvalue weighted by Crippen LogP contribution is 2.40. The highest BCUT2D eigenvalue weighted by Gasteiger charge is 2.35. The summed E-state index contributed by atoms with van der Waals surface area (Å²) in [6.45, 7) is 0.368. The minimum Gasteiger partial charge on any atom is -0.481 e. The Labute approximate surface area is 153 Å². The van der Waals surface area contributed by atoms with Gasteiger partial charge in [-0.15, -0.1) is 0 Å². The molecule has 1 aliphatic carbocycles. The van der Waals surface area contributed by atoms with Crippen LogP contribution in [0.5, 0.6) is 0 Å². The third kappa shape index (κ3) is 4.53. The average Bonchev–Trinajstić information content (AvgIpc) is 3.27. The molecular formula is C19H23NO5S. The van der Waals surface area contributed by atoms with Crippen molar-refractivity contribution in [3.63, 3.8) is 0 Å². The molecule has 1 aromatic carbocycles. The van der Waals surface area contributed by atoms with Crippen LogP contribution in [0.25, 0.3) is 0 Å². The number of benzene rings is 1. The van der Waals surface area contributed by atoms with Crippen molar-refractivity contribution in [3.05, 3.63) is 53.8 Å². The Balaban J connectivity index is 1.69. The molecule has 2 N–H and O–H groups in total. The van der Waals surface area contributed by atoms with Crippen LogP contribution in [0.4, 0.5) is 0 Å². The van der Waals surface area contributed by atoms with E-state index in [4.69, 9.17) is 9.52 Å². The number of carbonyl (C=O) groups is 1. The number of carboxylic acid groups (broad SMARTS) is 1. The van der Waals surface area contributed by atoms with Gasteiger partial charge in [-0.3, -0.25) is 4.79 Å². The van der Waals surface area contributed by atoms with E-state index in [9.17, 15) is 13.2 Å². The molecule has 26 heavy (non-hydrogen) atoms. The summed E-state index contributed by atoms with van der Waals surface area (Å²) in [4.78, 5) is 10.8. The van der Waals surface area contributed by atoms with Crippen LogP contribution in [0.1, 0.15) is 36.8 Å². The van der Waals surface area contributed by atoms with Crippen molar-refractivity contribution >= 4 is 16.0 Å². The van der Waals surface area contributed by atoms with Gasteiger partial charge in [0.15, 0.2) is 0 Å². The third-order valence-electron chi connectivity index (χ3n) is 5.02. The number of hydrogen-bond donors (Lipinski definition) is 2. The molecule has 0 atom stereocenters. The molecule has 6 nitrogen and oxygen atoms in total. The number of nitrogens with one attached hydrogen (secondary N) is 1. The van der Waals surface area contributed by atoms with Gasteiger partial charge in [0.2, 0.25) is 5.09 Å². The first-order chi connectivity index (χ1) is 12.4. The SMILES string of the molecule is O=C(O)Cc1ccc(CC2(CNS(=O)(=O)c3ccco3)CCCC2)cc1. The number of carboxylic acids is 1. The number of hydrogen-bond acceptors (Lipinski definition) is 4. The summed E-state index contributed by atoms with van der Waals surface area (Å²) in [5.41, 5.74) is 1.74. The molecule has 0 radical (unpaired) electrons. The van der Waals surface area contributed by atoms with Gasteiger partial charge in [-0.2, -0.15) is 0 Å². The van der Waals surface area contributed by atoms with Crippen LogP contribution in [-0.2, 0) is 27.7 Å². The molecule has 1 aliphatic rings. The van der Waals surface area contributed by atoms with Crippen LogP contribution in [0.2, 0.25) is 0 Å². The first-order valence-electron chi connectivity index (χ1n) is 8.71. The summed E-state index contributed by atoms with van der Waals surface area (Å²) in [5.74, 6) is -0.850. The fourth-order valence-electron chi connectivity index (χ4n) is 3.66. The van der Waals surface area contributed by atoms with E-state index in [-0.39, 0.29) is 16.9 Å². The fraction of sp³-hybridized carbons (Fsp3) is 0.421. The Kier molecular flexibility index (Phi) is 5.48. The van der Waals surface area contributed by atoms with E-state index in [0.717, 1.165) is 43.2 Å². The Morgan fingerprint density at radius 1 is 1.12 bits per heavy atom. The molecule has 0 amide bonds. The van der Waals surface area contributed by atoms with Gasteiger partial charge in [0.1, 0.15) is 0 Å². The second-order valence-corrected chi connectivity index (χ2v) is 8.73. The Bertz CT molecular complexity index is 835. The molecular weight excluding hydrogens is 354 g/mol. The standard InChI is InChI=1S/C19H23NO5S/c21-17(22)12-15-5-7-16(8-6-15)13-19(9-1-2-10-19)14-20-26(23,24)18-4-3-11-25-18/h3-8,11,20H,1-2,9-10,12-14H2,(H,21,22). The first-order valence-corrected chi connectivity index (χ1v) is 10.2. The van der Waals surface area contributed by atoms with Gasteiger partial charge in [-0.1, -0.05) is 37.1 Å². The van der Waals surface area contributed by atoms with Crippen molar-refractivity contribution in [2.45, 2.75) is 43.6 Å². The lowest BCUT2D eigenvalue weighted by Crippen LogP contribution is -2.37. The smallest absolute Gasteiger partial charge is 0.307 e. The van der Waals surface area contributed by atoms with E-state index in [1.807, 2.05) is 24.3 Å². The van der Waals surface area contributed by atoms with E-state index in [1.54, 1.807) is 6.07 Å². The molecule has 1 heterocycles. The molecule has 3 rings (SSSR count). The third-order valence-corrected chi connectivity index (χ3v) is 6.31. The number of rotatable bonds is 8. The predicted molar refractivity (Wildman–Crippen MR) is 96.3 cm³/mol. The maximum Gasteiger partial charge on any atom is 0.307 e.